The number of benzene rings is 2. The molecule has 4 heteroatoms. The molecule has 1 aliphatic carbocycles. The summed E-state index contributed by atoms with van der Waals surface area (Å²) in [5, 5.41) is 0. The van der Waals surface area contributed by atoms with Gasteiger partial charge in [0.25, 0.3) is 0 Å². The maximum atomic E-state index is 13.2. The first kappa shape index (κ1) is 21.6. The maximum absolute atomic E-state index is 13.2. The average molecular weight is 405 g/mol. The largest absolute Gasteiger partial charge is 0.497 e. The average Bonchev–Trinajstić information content (AvgIpc) is 2.82. The molecule has 0 unspecified atom stereocenters. The van der Waals surface area contributed by atoms with Gasteiger partial charge < -0.3 is 9.47 Å². The number of carbonyl (C=O) groups is 2. The number of hydrogen-bond donors (Lipinski definition) is 0. The van der Waals surface area contributed by atoms with E-state index in [9.17, 15) is 9.59 Å². The zero-order valence-corrected chi connectivity index (χ0v) is 17.6. The first-order valence-corrected chi connectivity index (χ1v) is 10.3. The normalized spacial score (nSPS) is 15.9. The molecule has 1 aliphatic rings. The van der Waals surface area contributed by atoms with Gasteiger partial charge in [-0.2, -0.15) is 0 Å². The molecular formula is C26H28O4. The molecule has 1 fully saturated rings. The molecule has 0 amide bonds. The summed E-state index contributed by atoms with van der Waals surface area (Å²) in [5.74, 6) is 1.31. The molecule has 156 valence electrons. The third-order valence-corrected chi connectivity index (χ3v) is 5.74. The van der Waals surface area contributed by atoms with E-state index in [4.69, 9.17) is 9.47 Å². The van der Waals surface area contributed by atoms with E-state index >= 15 is 0 Å². The highest BCUT2D eigenvalue weighted by Gasteiger charge is 2.43. The summed E-state index contributed by atoms with van der Waals surface area (Å²) in [7, 11) is 3.23. The van der Waals surface area contributed by atoms with Crippen LogP contribution < -0.4 is 9.47 Å². The van der Waals surface area contributed by atoms with Crippen molar-refractivity contribution in [3.63, 3.8) is 0 Å². The fourth-order valence-corrected chi connectivity index (χ4v) is 3.86. The summed E-state index contributed by atoms with van der Waals surface area (Å²) in [5.41, 5.74) is 0.845. The molecule has 0 heterocycles. The lowest BCUT2D eigenvalue weighted by Crippen LogP contribution is -2.39. The molecule has 0 aliphatic heterocycles. The van der Waals surface area contributed by atoms with Crippen LogP contribution in [-0.2, 0) is 9.59 Å². The van der Waals surface area contributed by atoms with E-state index in [1.807, 2.05) is 48.5 Å². The predicted molar refractivity (Wildman–Crippen MR) is 120 cm³/mol. The van der Waals surface area contributed by atoms with Gasteiger partial charge in [-0.3, -0.25) is 9.59 Å². The summed E-state index contributed by atoms with van der Waals surface area (Å²) in [4.78, 5) is 26.3. The number of allylic oxidation sites excluding steroid dienone is 2. The Balaban J connectivity index is 1.77. The highest BCUT2D eigenvalue weighted by molar-refractivity contribution is 6.17. The van der Waals surface area contributed by atoms with E-state index in [0.29, 0.717) is 12.8 Å². The van der Waals surface area contributed by atoms with Gasteiger partial charge in [0, 0.05) is 0 Å². The van der Waals surface area contributed by atoms with E-state index in [1.54, 1.807) is 38.5 Å². The van der Waals surface area contributed by atoms with Gasteiger partial charge in [0.2, 0.25) is 0 Å². The summed E-state index contributed by atoms with van der Waals surface area (Å²) >= 11 is 0. The van der Waals surface area contributed by atoms with Crippen molar-refractivity contribution in [3.8, 4) is 11.5 Å². The van der Waals surface area contributed by atoms with Crippen LogP contribution in [0.4, 0.5) is 0 Å². The van der Waals surface area contributed by atoms with Crippen molar-refractivity contribution in [2.24, 2.45) is 5.41 Å². The van der Waals surface area contributed by atoms with Gasteiger partial charge in [-0.05, 0) is 60.4 Å². The molecule has 0 atom stereocenters. The van der Waals surface area contributed by atoms with Crippen LogP contribution in [0.1, 0.15) is 43.2 Å². The number of carbonyl (C=O) groups excluding carboxylic acids is 2. The van der Waals surface area contributed by atoms with Gasteiger partial charge in [0.15, 0.2) is 11.6 Å². The number of methoxy groups -OCH3 is 2. The second-order valence-electron chi connectivity index (χ2n) is 7.58. The molecule has 0 spiro atoms. The number of hydrogen-bond acceptors (Lipinski definition) is 4. The predicted octanol–water partition coefficient (Wildman–Crippen LogP) is 5.52. The highest BCUT2D eigenvalue weighted by atomic mass is 16.5. The molecule has 2 aromatic carbocycles. The van der Waals surface area contributed by atoms with Crippen LogP contribution in [0.3, 0.4) is 0 Å². The third kappa shape index (κ3) is 5.07. The van der Waals surface area contributed by atoms with Crippen LogP contribution in [-0.4, -0.2) is 25.8 Å². The van der Waals surface area contributed by atoms with Crippen molar-refractivity contribution in [3.05, 3.63) is 71.8 Å². The molecule has 0 aromatic heterocycles. The van der Waals surface area contributed by atoms with Crippen molar-refractivity contribution in [1.82, 2.24) is 0 Å². The zero-order chi connectivity index (χ0) is 21.4. The Morgan fingerprint density at radius 2 is 1.10 bits per heavy atom. The fourth-order valence-electron chi connectivity index (χ4n) is 3.86. The van der Waals surface area contributed by atoms with Crippen molar-refractivity contribution < 1.29 is 19.1 Å². The molecule has 3 rings (SSSR count). The second-order valence-corrected chi connectivity index (χ2v) is 7.58. The summed E-state index contributed by atoms with van der Waals surface area (Å²) < 4.78 is 10.3. The van der Waals surface area contributed by atoms with Crippen LogP contribution in [0.25, 0.3) is 12.2 Å². The highest BCUT2D eigenvalue weighted by Crippen LogP contribution is 2.39. The van der Waals surface area contributed by atoms with Crippen molar-refractivity contribution in [1.29, 1.82) is 0 Å². The second kappa shape index (κ2) is 10.1. The summed E-state index contributed by atoms with van der Waals surface area (Å²) in [6.45, 7) is 0. The third-order valence-electron chi connectivity index (χ3n) is 5.74. The van der Waals surface area contributed by atoms with E-state index in [0.717, 1.165) is 41.9 Å². The summed E-state index contributed by atoms with van der Waals surface area (Å²) in [6.07, 6.45) is 10.7. The van der Waals surface area contributed by atoms with Crippen molar-refractivity contribution >= 4 is 23.7 Å². The smallest absolute Gasteiger partial charge is 0.169 e. The van der Waals surface area contributed by atoms with Gasteiger partial charge in [-0.25, -0.2) is 0 Å². The molecule has 0 saturated heterocycles. The number of rotatable bonds is 8. The van der Waals surface area contributed by atoms with Crippen molar-refractivity contribution in [2.75, 3.05) is 14.2 Å². The minimum Gasteiger partial charge on any atom is -0.497 e. The maximum Gasteiger partial charge on any atom is 0.169 e. The summed E-state index contributed by atoms with van der Waals surface area (Å²) in [6, 6.07) is 15.0. The van der Waals surface area contributed by atoms with E-state index in [2.05, 4.69) is 0 Å². The number of ether oxygens (including phenoxy) is 2. The van der Waals surface area contributed by atoms with Crippen molar-refractivity contribution in [2.45, 2.75) is 32.1 Å². The zero-order valence-electron chi connectivity index (χ0n) is 17.6. The lowest BCUT2D eigenvalue weighted by molar-refractivity contribution is -0.137. The van der Waals surface area contributed by atoms with Gasteiger partial charge in [0.1, 0.15) is 11.5 Å². The minimum atomic E-state index is -0.954. The monoisotopic (exact) mass is 404 g/mol. The van der Waals surface area contributed by atoms with E-state index in [-0.39, 0.29) is 11.6 Å². The Kier molecular flexibility index (Phi) is 7.23. The molecule has 1 saturated carbocycles. The van der Waals surface area contributed by atoms with Crippen LogP contribution in [0.2, 0.25) is 0 Å². The van der Waals surface area contributed by atoms with Gasteiger partial charge in [-0.15, -0.1) is 0 Å². The topological polar surface area (TPSA) is 52.6 Å². The standard InChI is InChI=1S/C26H28O4/c1-29-22-12-6-20(7-13-22)10-16-24(27)26(18-4-3-5-19-26)25(28)17-11-21-8-14-23(30-2)15-9-21/h6-17H,3-5,18-19H2,1-2H3/b16-10+,17-11+. The van der Waals surface area contributed by atoms with E-state index in [1.165, 1.54) is 0 Å². The molecule has 0 bridgehead atoms. The lowest BCUT2D eigenvalue weighted by Gasteiger charge is -2.32. The molecule has 2 aromatic rings. The Labute approximate surface area is 178 Å². The molecular weight excluding hydrogens is 376 g/mol. The van der Waals surface area contributed by atoms with Crippen LogP contribution in [0, 0.1) is 5.41 Å². The lowest BCUT2D eigenvalue weighted by atomic mass is 9.68. The Morgan fingerprint density at radius 1 is 0.700 bits per heavy atom. The van der Waals surface area contributed by atoms with Gasteiger partial charge >= 0.3 is 0 Å². The van der Waals surface area contributed by atoms with Gasteiger partial charge in [-0.1, -0.05) is 55.7 Å². The van der Waals surface area contributed by atoms with Crippen LogP contribution >= 0.6 is 0 Å². The number of ketones is 2. The first-order chi connectivity index (χ1) is 14.6. The molecule has 4 nitrogen and oxygen atoms in total. The van der Waals surface area contributed by atoms with Crippen LogP contribution in [0.15, 0.2) is 60.7 Å². The van der Waals surface area contributed by atoms with Crippen LogP contribution in [0.5, 0.6) is 11.5 Å². The van der Waals surface area contributed by atoms with E-state index < -0.39 is 5.41 Å². The minimum absolute atomic E-state index is 0.109. The first-order valence-electron chi connectivity index (χ1n) is 10.3. The Hall–Kier alpha value is -3.14. The SMILES string of the molecule is COc1ccc(/C=C/C(=O)C2(C(=O)/C=C/c3ccc(OC)cc3)CCCCC2)cc1. The Morgan fingerprint density at radius 3 is 1.47 bits per heavy atom. The molecule has 0 N–H and O–H groups in total. The molecule has 30 heavy (non-hydrogen) atoms. The fraction of sp³-hybridized carbons (Fsp3) is 0.308. The molecule has 0 radical (unpaired) electrons. The Bertz CT molecular complexity index is 843. The quantitative estimate of drug-likeness (QED) is 0.429. The van der Waals surface area contributed by atoms with Gasteiger partial charge in [0.05, 0.1) is 19.6 Å².